The van der Waals surface area contributed by atoms with Gasteiger partial charge in [-0.15, -0.1) is 0 Å². The zero-order chi connectivity index (χ0) is 14.6. The molecule has 1 aromatic heterocycles. The quantitative estimate of drug-likeness (QED) is 0.435. The molecule has 0 bridgehead atoms. The van der Waals surface area contributed by atoms with E-state index in [0.717, 1.165) is 37.5 Å². The van der Waals surface area contributed by atoms with Crippen LogP contribution in [0, 0.1) is 0 Å². The Kier molecular flexibility index (Phi) is 8.19. The minimum absolute atomic E-state index is 0.560. The van der Waals surface area contributed by atoms with Crippen molar-refractivity contribution >= 4 is 5.96 Å². The van der Waals surface area contributed by atoms with Crippen LogP contribution in [0.2, 0.25) is 0 Å². The zero-order valence-electron chi connectivity index (χ0n) is 12.8. The maximum atomic E-state index is 5.71. The van der Waals surface area contributed by atoms with E-state index in [1.54, 1.807) is 6.20 Å². The molecule has 20 heavy (non-hydrogen) atoms. The average Bonchev–Trinajstić information content (AvgIpc) is 2.47. The number of unbranched alkanes of at least 4 members (excludes halogenated alkanes) is 1. The fourth-order valence-corrected chi connectivity index (χ4v) is 1.66. The van der Waals surface area contributed by atoms with Crippen molar-refractivity contribution in [2.24, 2.45) is 4.99 Å². The van der Waals surface area contributed by atoms with Crippen molar-refractivity contribution in [3.05, 3.63) is 23.9 Å². The van der Waals surface area contributed by atoms with Gasteiger partial charge in [0.25, 0.3) is 0 Å². The maximum absolute atomic E-state index is 5.71. The van der Waals surface area contributed by atoms with E-state index in [-0.39, 0.29) is 0 Å². The van der Waals surface area contributed by atoms with Crippen molar-refractivity contribution in [3.8, 4) is 5.88 Å². The van der Waals surface area contributed by atoms with Crippen LogP contribution in [0.1, 0.15) is 39.2 Å². The first kappa shape index (κ1) is 16.3. The van der Waals surface area contributed by atoms with E-state index in [0.29, 0.717) is 19.0 Å². The second kappa shape index (κ2) is 10.1. The van der Waals surface area contributed by atoms with Crippen LogP contribution in [0.5, 0.6) is 5.88 Å². The molecule has 0 spiro atoms. The molecule has 0 radical (unpaired) electrons. The highest BCUT2D eigenvalue weighted by Crippen LogP contribution is 2.15. The lowest BCUT2D eigenvalue weighted by molar-refractivity contribution is 0.294. The number of hydrogen-bond donors (Lipinski definition) is 2. The molecule has 5 heteroatoms. The second-order valence-electron chi connectivity index (χ2n) is 4.40. The van der Waals surface area contributed by atoms with Gasteiger partial charge in [-0.05, 0) is 26.3 Å². The Morgan fingerprint density at radius 2 is 2.00 bits per heavy atom. The Balaban J connectivity index is 2.67. The van der Waals surface area contributed by atoms with E-state index in [9.17, 15) is 0 Å². The average molecular weight is 278 g/mol. The summed E-state index contributed by atoms with van der Waals surface area (Å²) >= 11 is 0. The van der Waals surface area contributed by atoms with Gasteiger partial charge in [-0.1, -0.05) is 19.4 Å². The largest absolute Gasteiger partial charge is 0.477 e. The summed E-state index contributed by atoms with van der Waals surface area (Å²) in [7, 11) is 0. The summed E-state index contributed by atoms with van der Waals surface area (Å²) in [5.41, 5.74) is 1.01. The summed E-state index contributed by atoms with van der Waals surface area (Å²) in [5, 5.41) is 6.41. The molecule has 1 rings (SSSR count). The highest BCUT2D eigenvalue weighted by molar-refractivity contribution is 5.79. The Morgan fingerprint density at radius 3 is 2.65 bits per heavy atom. The third-order valence-electron chi connectivity index (χ3n) is 2.68. The molecule has 0 saturated heterocycles. The van der Waals surface area contributed by atoms with Gasteiger partial charge in [0.15, 0.2) is 5.96 Å². The number of ether oxygens (including phenoxy) is 1. The molecule has 112 valence electrons. The lowest BCUT2D eigenvalue weighted by atomic mass is 10.3. The van der Waals surface area contributed by atoms with E-state index >= 15 is 0 Å². The molecule has 0 amide bonds. The Morgan fingerprint density at radius 1 is 1.25 bits per heavy atom. The first-order valence-corrected chi connectivity index (χ1v) is 7.40. The van der Waals surface area contributed by atoms with Crippen molar-refractivity contribution in [2.45, 2.75) is 40.2 Å². The molecule has 0 atom stereocenters. The number of rotatable bonds is 8. The summed E-state index contributed by atoms with van der Waals surface area (Å²) in [4.78, 5) is 8.82. The number of aliphatic imine (C=N–C) groups is 1. The van der Waals surface area contributed by atoms with E-state index in [2.05, 4.69) is 41.4 Å². The van der Waals surface area contributed by atoms with Gasteiger partial charge in [0.1, 0.15) is 0 Å². The molecule has 0 aliphatic carbocycles. The van der Waals surface area contributed by atoms with Crippen LogP contribution in [0.4, 0.5) is 0 Å². The van der Waals surface area contributed by atoms with Gasteiger partial charge in [0.2, 0.25) is 5.88 Å². The second-order valence-corrected chi connectivity index (χ2v) is 4.40. The summed E-state index contributed by atoms with van der Waals surface area (Å²) in [5.74, 6) is 1.51. The van der Waals surface area contributed by atoms with Crippen LogP contribution in [0.3, 0.4) is 0 Å². The predicted octanol–water partition coefficient (Wildman–Crippen LogP) is 2.34. The molecular formula is C15H26N4O. The van der Waals surface area contributed by atoms with Gasteiger partial charge in [0.05, 0.1) is 13.2 Å². The van der Waals surface area contributed by atoms with Crippen molar-refractivity contribution in [2.75, 3.05) is 19.7 Å². The van der Waals surface area contributed by atoms with Crippen LogP contribution in [0.25, 0.3) is 0 Å². The van der Waals surface area contributed by atoms with Crippen LogP contribution in [0.15, 0.2) is 23.3 Å². The molecule has 5 nitrogen and oxygen atoms in total. The lowest BCUT2D eigenvalue weighted by Crippen LogP contribution is -2.37. The van der Waals surface area contributed by atoms with Crippen LogP contribution in [-0.4, -0.2) is 30.6 Å². The van der Waals surface area contributed by atoms with Crippen LogP contribution < -0.4 is 15.4 Å². The third-order valence-corrected chi connectivity index (χ3v) is 2.68. The fourth-order valence-electron chi connectivity index (χ4n) is 1.66. The topological polar surface area (TPSA) is 58.5 Å². The summed E-state index contributed by atoms with van der Waals surface area (Å²) in [6, 6.07) is 3.92. The summed E-state index contributed by atoms with van der Waals surface area (Å²) in [6.45, 7) is 9.21. The molecule has 1 aromatic rings. The van der Waals surface area contributed by atoms with Crippen molar-refractivity contribution in [1.82, 2.24) is 15.6 Å². The molecule has 0 unspecified atom stereocenters. The lowest BCUT2D eigenvalue weighted by Gasteiger charge is -2.11. The molecule has 0 fully saturated rings. The number of pyridine rings is 1. The standard InChI is InChI=1S/C15H26N4O/c1-4-7-11-20-14-13(9-8-10-18-14)12-19-15(16-5-2)17-6-3/h8-10H,4-7,11-12H2,1-3H3,(H2,16,17,19). The van der Waals surface area contributed by atoms with E-state index in [1.807, 2.05) is 12.1 Å². The monoisotopic (exact) mass is 278 g/mol. The fraction of sp³-hybridized carbons (Fsp3) is 0.600. The van der Waals surface area contributed by atoms with Gasteiger partial charge in [-0.25, -0.2) is 9.98 Å². The zero-order valence-corrected chi connectivity index (χ0v) is 12.8. The minimum Gasteiger partial charge on any atom is -0.477 e. The normalized spacial score (nSPS) is 9.95. The smallest absolute Gasteiger partial charge is 0.218 e. The van der Waals surface area contributed by atoms with Gasteiger partial charge >= 0.3 is 0 Å². The van der Waals surface area contributed by atoms with Crippen molar-refractivity contribution in [1.29, 1.82) is 0 Å². The molecule has 0 aliphatic heterocycles. The number of nitrogens with one attached hydrogen (secondary N) is 2. The first-order chi connectivity index (χ1) is 9.81. The van der Waals surface area contributed by atoms with Gasteiger partial charge in [0, 0.05) is 24.8 Å². The van der Waals surface area contributed by atoms with Gasteiger partial charge in [-0.2, -0.15) is 0 Å². The molecule has 0 saturated carbocycles. The highest BCUT2D eigenvalue weighted by Gasteiger charge is 2.04. The molecular weight excluding hydrogens is 252 g/mol. The third kappa shape index (κ3) is 5.91. The van der Waals surface area contributed by atoms with Crippen LogP contribution in [-0.2, 0) is 6.54 Å². The highest BCUT2D eigenvalue weighted by atomic mass is 16.5. The molecule has 2 N–H and O–H groups in total. The Hall–Kier alpha value is -1.78. The molecule has 1 heterocycles. The van der Waals surface area contributed by atoms with Crippen molar-refractivity contribution in [3.63, 3.8) is 0 Å². The SMILES string of the molecule is CCCCOc1ncccc1CN=C(NCC)NCC. The Labute approximate surface area is 121 Å². The number of aromatic nitrogens is 1. The van der Waals surface area contributed by atoms with E-state index < -0.39 is 0 Å². The number of guanidine groups is 1. The first-order valence-electron chi connectivity index (χ1n) is 7.40. The number of nitrogens with zero attached hydrogens (tertiary/aromatic N) is 2. The van der Waals surface area contributed by atoms with Crippen LogP contribution >= 0.6 is 0 Å². The minimum atomic E-state index is 0.560. The van der Waals surface area contributed by atoms with Gasteiger partial charge < -0.3 is 15.4 Å². The Bertz CT molecular complexity index is 399. The maximum Gasteiger partial charge on any atom is 0.218 e. The number of hydrogen-bond acceptors (Lipinski definition) is 3. The molecule has 0 aliphatic rings. The summed E-state index contributed by atoms with van der Waals surface area (Å²) in [6.07, 6.45) is 3.91. The predicted molar refractivity (Wildman–Crippen MR) is 83.1 cm³/mol. The van der Waals surface area contributed by atoms with E-state index in [1.165, 1.54) is 0 Å². The van der Waals surface area contributed by atoms with E-state index in [4.69, 9.17) is 4.74 Å². The van der Waals surface area contributed by atoms with Gasteiger partial charge in [-0.3, -0.25) is 0 Å². The van der Waals surface area contributed by atoms with Crippen molar-refractivity contribution < 1.29 is 4.74 Å². The molecule has 0 aromatic carbocycles. The summed E-state index contributed by atoms with van der Waals surface area (Å²) < 4.78 is 5.71.